The number of benzene rings is 1. The molecule has 1 aromatic carbocycles. The van der Waals surface area contributed by atoms with Crippen molar-refractivity contribution < 1.29 is 14.2 Å². The molecule has 3 heterocycles. The summed E-state index contributed by atoms with van der Waals surface area (Å²) in [6.45, 7) is 3.25. The number of nitrogens with zero attached hydrogens (tertiary/aromatic N) is 1. The van der Waals surface area contributed by atoms with Crippen molar-refractivity contribution in [2.45, 2.75) is 25.3 Å². The molecule has 0 saturated carbocycles. The fraction of sp³-hybridized carbons (Fsp3) is 0.444. The second kappa shape index (κ2) is 6.54. The molecule has 122 valence electrons. The summed E-state index contributed by atoms with van der Waals surface area (Å²) in [4.78, 5) is 5.90. The molecule has 0 radical (unpaired) electrons. The van der Waals surface area contributed by atoms with Gasteiger partial charge in [0.2, 0.25) is 6.79 Å². The molecule has 1 N–H and O–H groups in total. The van der Waals surface area contributed by atoms with E-state index in [1.165, 1.54) is 25.1 Å². The van der Waals surface area contributed by atoms with Crippen molar-refractivity contribution in [1.82, 2.24) is 9.88 Å². The molecule has 0 aliphatic carbocycles. The van der Waals surface area contributed by atoms with E-state index < -0.39 is 0 Å². The molecule has 2 aromatic rings. The lowest BCUT2D eigenvalue weighted by Crippen LogP contribution is -2.25. The minimum Gasteiger partial charge on any atom is -0.493 e. The van der Waals surface area contributed by atoms with E-state index >= 15 is 0 Å². The lowest BCUT2D eigenvalue weighted by molar-refractivity contribution is 0.173. The second-order valence-electron chi connectivity index (χ2n) is 6.04. The zero-order valence-electron chi connectivity index (χ0n) is 13.2. The van der Waals surface area contributed by atoms with Crippen molar-refractivity contribution in [3.05, 3.63) is 42.2 Å². The number of nitrogens with one attached hydrogen (secondary N) is 1. The largest absolute Gasteiger partial charge is 0.493 e. The summed E-state index contributed by atoms with van der Waals surface area (Å²) in [5, 5.41) is 0. The number of fused-ring (bicyclic) bond motifs is 1. The summed E-state index contributed by atoms with van der Waals surface area (Å²) < 4.78 is 16.5. The molecule has 5 nitrogen and oxygen atoms in total. The molecule has 2 aliphatic heterocycles. The monoisotopic (exact) mass is 314 g/mol. The average Bonchev–Trinajstić information content (AvgIpc) is 3.31. The van der Waals surface area contributed by atoms with Crippen molar-refractivity contribution in [1.29, 1.82) is 0 Å². The van der Waals surface area contributed by atoms with Gasteiger partial charge in [-0.3, -0.25) is 4.90 Å². The summed E-state index contributed by atoms with van der Waals surface area (Å²) in [5.74, 6) is 2.41. The zero-order valence-corrected chi connectivity index (χ0v) is 13.2. The van der Waals surface area contributed by atoms with Crippen LogP contribution in [0.4, 0.5) is 0 Å². The minimum atomic E-state index is 0.299. The van der Waals surface area contributed by atoms with Crippen LogP contribution in [0.3, 0.4) is 0 Å². The average molecular weight is 314 g/mol. The van der Waals surface area contributed by atoms with E-state index in [0.29, 0.717) is 19.4 Å². The molecule has 0 bridgehead atoms. The highest BCUT2D eigenvalue weighted by Gasteiger charge is 2.25. The Kier molecular flexibility index (Phi) is 4.11. The topological polar surface area (TPSA) is 46.7 Å². The van der Waals surface area contributed by atoms with E-state index in [4.69, 9.17) is 14.2 Å². The molecule has 0 amide bonds. The third-order valence-corrected chi connectivity index (χ3v) is 4.55. The van der Waals surface area contributed by atoms with Crippen LogP contribution in [0.15, 0.2) is 36.5 Å². The zero-order chi connectivity index (χ0) is 15.5. The predicted molar refractivity (Wildman–Crippen MR) is 87.0 cm³/mol. The molecule has 5 heteroatoms. The first-order valence-electron chi connectivity index (χ1n) is 8.30. The van der Waals surface area contributed by atoms with Crippen LogP contribution in [-0.4, -0.2) is 36.4 Å². The van der Waals surface area contributed by atoms with Gasteiger partial charge in [0.15, 0.2) is 11.5 Å². The van der Waals surface area contributed by atoms with Gasteiger partial charge in [0, 0.05) is 30.5 Å². The Morgan fingerprint density at radius 2 is 2.17 bits per heavy atom. The second-order valence-corrected chi connectivity index (χ2v) is 6.04. The smallest absolute Gasteiger partial charge is 0.231 e. The van der Waals surface area contributed by atoms with Crippen molar-refractivity contribution in [3.63, 3.8) is 0 Å². The van der Waals surface area contributed by atoms with Gasteiger partial charge in [-0.15, -0.1) is 0 Å². The number of H-pyrrole nitrogens is 1. The third kappa shape index (κ3) is 3.15. The Balaban J connectivity index is 1.25. The molecule has 0 spiro atoms. The van der Waals surface area contributed by atoms with Gasteiger partial charge in [-0.1, -0.05) is 0 Å². The number of ether oxygens (including phenoxy) is 3. The van der Waals surface area contributed by atoms with Crippen LogP contribution in [-0.2, 0) is 0 Å². The van der Waals surface area contributed by atoms with E-state index in [-0.39, 0.29) is 0 Å². The van der Waals surface area contributed by atoms with E-state index in [9.17, 15) is 0 Å². The van der Waals surface area contributed by atoms with Crippen molar-refractivity contribution in [2.24, 2.45) is 0 Å². The van der Waals surface area contributed by atoms with Crippen LogP contribution in [0.5, 0.6) is 17.2 Å². The molecule has 1 unspecified atom stereocenters. The van der Waals surface area contributed by atoms with Crippen molar-refractivity contribution in [3.8, 4) is 17.2 Å². The van der Waals surface area contributed by atoms with Gasteiger partial charge in [-0.25, -0.2) is 0 Å². The van der Waals surface area contributed by atoms with Crippen LogP contribution in [0.25, 0.3) is 0 Å². The van der Waals surface area contributed by atoms with Gasteiger partial charge in [0.1, 0.15) is 5.75 Å². The quantitative estimate of drug-likeness (QED) is 0.831. The number of aromatic amines is 1. The first kappa shape index (κ1) is 14.5. The van der Waals surface area contributed by atoms with Gasteiger partial charge in [-0.2, -0.15) is 0 Å². The third-order valence-electron chi connectivity index (χ3n) is 4.55. The Bertz CT molecular complexity index is 642. The maximum absolute atomic E-state index is 5.85. The molecule has 23 heavy (non-hydrogen) atoms. The molecule has 1 aromatic heterocycles. The van der Waals surface area contributed by atoms with E-state index in [1.54, 1.807) is 0 Å². The maximum atomic E-state index is 5.85. The lowest BCUT2D eigenvalue weighted by Gasteiger charge is -2.23. The summed E-state index contributed by atoms with van der Waals surface area (Å²) >= 11 is 0. The van der Waals surface area contributed by atoms with Gasteiger partial charge < -0.3 is 19.2 Å². The molecular weight excluding hydrogens is 292 g/mol. The van der Waals surface area contributed by atoms with Crippen LogP contribution < -0.4 is 14.2 Å². The van der Waals surface area contributed by atoms with Crippen molar-refractivity contribution in [2.75, 3.05) is 26.5 Å². The van der Waals surface area contributed by atoms with Crippen LogP contribution in [0.1, 0.15) is 31.0 Å². The van der Waals surface area contributed by atoms with Gasteiger partial charge in [0.05, 0.1) is 6.61 Å². The first-order chi connectivity index (χ1) is 11.4. The van der Waals surface area contributed by atoms with E-state index in [0.717, 1.165) is 30.2 Å². The highest BCUT2D eigenvalue weighted by Crippen LogP contribution is 2.35. The minimum absolute atomic E-state index is 0.299. The Hall–Kier alpha value is -2.14. The fourth-order valence-electron chi connectivity index (χ4n) is 3.42. The standard InChI is InChI=1S/C18H22N2O3/c1-4-15(19-8-1)16-5-2-9-20(16)10-3-11-21-14-6-7-17-18(12-14)23-13-22-17/h1,4,6-8,12,16,19H,2-3,5,9-11,13H2. The SMILES string of the molecule is c1c[nH]c(C2CCCN2CCCOc2ccc3c(c2)OCO3)c1. The van der Waals surface area contributed by atoms with Gasteiger partial charge in [0.25, 0.3) is 0 Å². The maximum Gasteiger partial charge on any atom is 0.231 e. The fourth-order valence-corrected chi connectivity index (χ4v) is 3.42. The first-order valence-corrected chi connectivity index (χ1v) is 8.30. The molecule has 2 aliphatic rings. The van der Waals surface area contributed by atoms with E-state index in [1.807, 2.05) is 24.4 Å². The van der Waals surface area contributed by atoms with Gasteiger partial charge in [-0.05, 0) is 50.1 Å². The number of hydrogen-bond acceptors (Lipinski definition) is 4. The summed E-state index contributed by atoms with van der Waals surface area (Å²) in [5.41, 5.74) is 1.33. The van der Waals surface area contributed by atoms with E-state index in [2.05, 4.69) is 22.0 Å². The summed E-state index contributed by atoms with van der Waals surface area (Å²) in [7, 11) is 0. The molecule has 4 rings (SSSR count). The highest BCUT2D eigenvalue weighted by atomic mass is 16.7. The Labute approximate surface area is 136 Å². The number of hydrogen-bond donors (Lipinski definition) is 1. The number of likely N-dealkylation sites (tertiary alicyclic amines) is 1. The normalized spacial score (nSPS) is 20.1. The van der Waals surface area contributed by atoms with Crippen LogP contribution in [0, 0.1) is 0 Å². The van der Waals surface area contributed by atoms with Crippen molar-refractivity contribution >= 4 is 0 Å². The summed E-state index contributed by atoms with van der Waals surface area (Å²) in [6, 6.07) is 10.5. The molecule has 1 fully saturated rings. The van der Waals surface area contributed by atoms with Crippen LogP contribution in [0.2, 0.25) is 0 Å². The number of aromatic nitrogens is 1. The Morgan fingerprint density at radius 3 is 3.09 bits per heavy atom. The molecular formula is C18H22N2O3. The predicted octanol–water partition coefficient (Wildman–Crippen LogP) is 3.35. The summed E-state index contributed by atoms with van der Waals surface area (Å²) in [6.07, 6.45) is 5.54. The van der Waals surface area contributed by atoms with Crippen LogP contribution >= 0.6 is 0 Å². The highest BCUT2D eigenvalue weighted by molar-refractivity contribution is 5.46. The number of rotatable bonds is 6. The lowest BCUT2D eigenvalue weighted by atomic mass is 10.1. The molecule has 1 atom stereocenters. The Morgan fingerprint density at radius 1 is 1.22 bits per heavy atom. The van der Waals surface area contributed by atoms with Gasteiger partial charge >= 0.3 is 0 Å². The molecule has 1 saturated heterocycles.